The molecule has 1 aliphatic heterocycles. The van der Waals surface area contributed by atoms with Gasteiger partial charge in [-0.3, -0.25) is 4.90 Å². The molecule has 4 nitrogen and oxygen atoms in total. The lowest BCUT2D eigenvalue weighted by molar-refractivity contribution is 0.216. The third kappa shape index (κ3) is 2.76. The smallest absolute Gasteiger partial charge is 0.122 e. The van der Waals surface area contributed by atoms with Crippen molar-refractivity contribution >= 4 is 17.2 Å². The van der Waals surface area contributed by atoms with Crippen LogP contribution in [0.5, 0.6) is 0 Å². The summed E-state index contributed by atoms with van der Waals surface area (Å²) in [5.74, 6) is 1.16. The molecular formula is C10H16N4S. The Labute approximate surface area is 95.1 Å². The van der Waals surface area contributed by atoms with E-state index in [2.05, 4.69) is 14.5 Å². The molecule has 0 spiro atoms. The lowest BCUT2D eigenvalue weighted by atomic mass is 10.2. The second-order valence-electron chi connectivity index (χ2n) is 3.88. The normalized spacial score (nSPS) is 16.3. The molecule has 1 aromatic rings. The predicted molar refractivity (Wildman–Crippen MR) is 63.5 cm³/mol. The third-order valence-electron chi connectivity index (χ3n) is 2.72. The topological polar surface area (TPSA) is 47.1 Å². The fourth-order valence-corrected chi connectivity index (χ4v) is 2.04. The van der Waals surface area contributed by atoms with E-state index in [-0.39, 0.29) is 0 Å². The van der Waals surface area contributed by atoms with Crippen molar-refractivity contribution in [3.8, 4) is 0 Å². The van der Waals surface area contributed by atoms with E-state index in [1.54, 1.807) is 0 Å². The minimum atomic E-state index is 0.619. The number of nitrogens with two attached hydrogens (primary N) is 1. The molecular weight excluding hydrogens is 208 g/mol. The van der Waals surface area contributed by atoms with Crippen LogP contribution in [-0.2, 0) is 13.1 Å². The first kappa shape index (κ1) is 10.6. The summed E-state index contributed by atoms with van der Waals surface area (Å²) in [6.45, 7) is 4.15. The van der Waals surface area contributed by atoms with Crippen molar-refractivity contribution < 1.29 is 0 Å². The number of hydrogen-bond acceptors (Lipinski definition) is 3. The largest absolute Gasteiger partial charge is 0.393 e. The maximum atomic E-state index is 5.46. The summed E-state index contributed by atoms with van der Waals surface area (Å²) in [6.07, 6.45) is 5.81. The van der Waals surface area contributed by atoms with Crippen molar-refractivity contribution in [3.05, 3.63) is 18.2 Å². The van der Waals surface area contributed by atoms with Gasteiger partial charge in [-0.05, 0) is 19.4 Å². The molecule has 2 heterocycles. The first-order valence-corrected chi connectivity index (χ1v) is 5.67. The summed E-state index contributed by atoms with van der Waals surface area (Å²) < 4.78 is 2.21. The Hall–Kier alpha value is -0.940. The summed E-state index contributed by atoms with van der Waals surface area (Å²) in [5, 5.41) is 0. The van der Waals surface area contributed by atoms with Crippen LogP contribution in [0.15, 0.2) is 12.4 Å². The van der Waals surface area contributed by atoms with Crippen LogP contribution in [0.3, 0.4) is 0 Å². The Balaban J connectivity index is 1.80. The van der Waals surface area contributed by atoms with E-state index in [9.17, 15) is 0 Å². The Morgan fingerprint density at radius 2 is 2.40 bits per heavy atom. The van der Waals surface area contributed by atoms with Gasteiger partial charge in [-0.25, -0.2) is 4.98 Å². The molecule has 1 aliphatic rings. The molecule has 0 aromatic carbocycles. The lowest BCUT2D eigenvalue weighted by Crippen LogP contribution is -2.34. The summed E-state index contributed by atoms with van der Waals surface area (Å²) in [7, 11) is 0. The second kappa shape index (κ2) is 4.72. The minimum absolute atomic E-state index is 0.619. The van der Waals surface area contributed by atoms with Gasteiger partial charge < -0.3 is 10.3 Å². The highest BCUT2D eigenvalue weighted by molar-refractivity contribution is 7.80. The summed E-state index contributed by atoms with van der Waals surface area (Å²) in [6, 6.07) is 0. The van der Waals surface area contributed by atoms with E-state index >= 15 is 0 Å². The zero-order chi connectivity index (χ0) is 10.7. The van der Waals surface area contributed by atoms with E-state index in [4.69, 9.17) is 18.0 Å². The van der Waals surface area contributed by atoms with Gasteiger partial charge in [-0.2, -0.15) is 0 Å². The molecule has 0 bridgehead atoms. The summed E-state index contributed by atoms with van der Waals surface area (Å²) >= 11 is 4.85. The number of rotatable bonds is 4. The second-order valence-corrected chi connectivity index (χ2v) is 4.41. The van der Waals surface area contributed by atoms with Gasteiger partial charge in [0, 0.05) is 25.5 Å². The molecule has 2 rings (SSSR count). The van der Waals surface area contributed by atoms with E-state index in [1.807, 2.05) is 12.4 Å². The Kier molecular flexibility index (Phi) is 3.33. The van der Waals surface area contributed by atoms with Crippen LogP contribution in [0.2, 0.25) is 0 Å². The maximum Gasteiger partial charge on any atom is 0.122 e. The highest BCUT2D eigenvalue weighted by atomic mass is 32.1. The van der Waals surface area contributed by atoms with Crippen LogP contribution in [0.4, 0.5) is 0 Å². The van der Waals surface area contributed by atoms with E-state index in [0.717, 1.165) is 44.8 Å². The van der Waals surface area contributed by atoms with Crippen molar-refractivity contribution in [3.63, 3.8) is 0 Å². The van der Waals surface area contributed by atoms with Crippen molar-refractivity contribution in [2.24, 2.45) is 5.73 Å². The number of imidazole rings is 1. The van der Waals surface area contributed by atoms with Crippen LogP contribution < -0.4 is 5.73 Å². The van der Waals surface area contributed by atoms with Crippen LogP contribution in [0.25, 0.3) is 0 Å². The Bertz CT molecular complexity index is 347. The van der Waals surface area contributed by atoms with Gasteiger partial charge >= 0.3 is 0 Å². The summed E-state index contributed by atoms with van der Waals surface area (Å²) in [5.41, 5.74) is 5.46. The van der Waals surface area contributed by atoms with Crippen molar-refractivity contribution in [2.75, 3.05) is 13.1 Å². The standard InChI is InChI=1S/C10H16N4S/c11-9(15)2-1-4-13-6-7-14-5-3-12-10(14)8-13/h3,5H,1-2,4,6-8H2,(H2,11,15). The molecule has 0 saturated carbocycles. The molecule has 0 fully saturated rings. The molecule has 0 unspecified atom stereocenters. The van der Waals surface area contributed by atoms with Gasteiger partial charge in [0.25, 0.3) is 0 Å². The van der Waals surface area contributed by atoms with Gasteiger partial charge in [0.2, 0.25) is 0 Å². The van der Waals surface area contributed by atoms with Gasteiger partial charge in [0.05, 0.1) is 11.5 Å². The predicted octanol–water partition coefficient (Wildman–Crippen LogP) is 0.765. The fraction of sp³-hybridized carbons (Fsp3) is 0.600. The number of fused-ring (bicyclic) bond motifs is 1. The average molecular weight is 224 g/mol. The third-order valence-corrected chi connectivity index (χ3v) is 2.93. The molecule has 0 radical (unpaired) electrons. The van der Waals surface area contributed by atoms with Crippen molar-refractivity contribution in [1.29, 1.82) is 0 Å². The van der Waals surface area contributed by atoms with Crippen LogP contribution in [-0.4, -0.2) is 32.5 Å². The SMILES string of the molecule is NC(=S)CCCN1CCn2ccnc2C1. The minimum Gasteiger partial charge on any atom is -0.393 e. The van der Waals surface area contributed by atoms with Crippen LogP contribution in [0, 0.1) is 0 Å². The molecule has 0 aliphatic carbocycles. The number of aromatic nitrogens is 2. The highest BCUT2D eigenvalue weighted by Crippen LogP contribution is 2.10. The molecule has 1 aromatic heterocycles. The molecule has 2 N–H and O–H groups in total. The van der Waals surface area contributed by atoms with E-state index < -0.39 is 0 Å². The molecule has 5 heteroatoms. The van der Waals surface area contributed by atoms with Gasteiger partial charge in [-0.1, -0.05) is 12.2 Å². The Morgan fingerprint density at radius 1 is 1.53 bits per heavy atom. The van der Waals surface area contributed by atoms with Crippen molar-refractivity contribution in [2.45, 2.75) is 25.9 Å². The van der Waals surface area contributed by atoms with Gasteiger partial charge in [0.15, 0.2) is 0 Å². The molecule has 15 heavy (non-hydrogen) atoms. The monoisotopic (exact) mass is 224 g/mol. The first-order chi connectivity index (χ1) is 7.25. The summed E-state index contributed by atoms with van der Waals surface area (Å²) in [4.78, 5) is 7.34. The average Bonchev–Trinajstić information content (AvgIpc) is 2.64. The van der Waals surface area contributed by atoms with Crippen LogP contribution >= 0.6 is 12.2 Å². The maximum absolute atomic E-state index is 5.46. The molecule has 82 valence electrons. The zero-order valence-electron chi connectivity index (χ0n) is 8.72. The molecule has 0 atom stereocenters. The molecule has 0 amide bonds. The highest BCUT2D eigenvalue weighted by Gasteiger charge is 2.15. The first-order valence-electron chi connectivity index (χ1n) is 5.26. The quantitative estimate of drug-likeness (QED) is 0.767. The number of nitrogens with zero attached hydrogens (tertiary/aromatic N) is 3. The number of thiocarbonyl (C=S) groups is 1. The Morgan fingerprint density at radius 3 is 3.20 bits per heavy atom. The fourth-order valence-electron chi connectivity index (χ4n) is 1.89. The lowest BCUT2D eigenvalue weighted by Gasteiger charge is -2.27. The van der Waals surface area contributed by atoms with E-state index in [1.165, 1.54) is 0 Å². The van der Waals surface area contributed by atoms with Crippen molar-refractivity contribution in [1.82, 2.24) is 14.5 Å². The van der Waals surface area contributed by atoms with E-state index in [0.29, 0.717) is 4.99 Å². The zero-order valence-corrected chi connectivity index (χ0v) is 9.54. The van der Waals surface area contributed by atoms with Crippen LogP contribution in [0.1, 0.15) is 18.7 Å². The van der Waals surface area contributed by atoms with Gasteiger partial charge in [0.1, 0.15) is 5.82 Å². The van der Waals surface area contributed by atoms with Gasteiger partial charge in [-0.15, -0.1) is 0 Å². The number of hydrogen-bond donors (Lipinski definition) is 1. The molecule has 0 saturated heterocycles.